The largest absolute Gasteiger partial charge is 0.482 e. The van der Waals surface area contributed by atoms with Crippen LogP contribution < -0.4 is 10.1 Å². The minimum atomic E-state index is -0.723. The van der Waals surface area contributed by atoms with E-state index in [4.69, 9.17) is 9.47 Å². The summed E-state index contributed by atoms with van der Waals surface area (Å²) in [4.78, 5) is 34.1. The molecule has 8 nitrogen and oxygen atoms in total. The number of nitro benzene ring substituents is 1. The quantitative estimate of drug-likeness (QED) is 0.463. The molecule has 0 spiro atoms. The van der Waals surface area contributed by atoms with Gasteiger partial charge >= 0.3 is 5.97 Å². The van der Waals surface area contributed by atoms with E-state index in [0.717, 1.165) is 5.56 Å². The Balaban J connectivity index is 1.90. The first-order valence-electron chi connectivity index (χ1n) is 7.76. The topological polar surface area (TPSA) is 108 Å². The zero-order valence-electron chi connectivity index (χ0n) is 14.4. The molecule has 0 fully saturated rings. The van der Waals surface area contributed by atoms with Crippen molar-refractivity contribution in [2.75, 3.05) is 18.5 Å². The summed E-state index contributed by atoms with van der Waals surface area (Å²) >= 11 is 0. The number of rotatable bonds is 7. The van der Waals surface area contributed by atoms with Crippen LogP contribution in [0.15, 0.2) is 42.5 Å². The predicted molar refractivity (Wildman–Crippen MR) is 94.1 cm³/mol. The van der Waals surface area contributed by atoms with Crippen molar-refractivity contribution in [3.63, 3.8) is 0 Å². The Labute approximate surface area is 149 Å². The van der Waals surface area contributed by atoms with Crippen molar-refractivity contribution < 1.29 is 24.0 Å². The third kappa shape index (κ3) is 5.04. The summed E-state index contributed by atoms with van der Waals surface area (Å²) in [5, 5.41) is 13.5. The van der Waals surface area contributed by atoms with Gasteiger partial charge in [-0.2, -0.15) is 0 Å². The van der Waals surface area contributed by atoms with Gasteiger partial charge in [-0.25, -0.2) is 4.79 Å². The van der Waals surface area contributed by atoms with E-state index < -0.39 is 23.4 Å². The van der Waals surface area contributed by atoms with Crippen molar-refractivity contribution in [2.24, 2.45) is 0 Å². The molecule has 0 atom stereocenters. The van der Waals surface area contributed by atoms with Crippen LogP contribution in [0.3, 0.4) is 0 Å². The normalized spacial score (nSPS) is 10.1. The number of nitro groups is 1. The summed E-state index contributed by atoms with van der Waals surface area (Å²) in [6.45, 7) is 2.52. The number of anilines is 1. The van der Waals surface area contributed by atoms with Gasteiger partial charge in [-0.15, -0.1) is 0 Å². The molecule has 8 heteroatoms. The summed E-state index contributed by atoms with van der Waals surface area (Å²) in [7, 11) is 0. The van der Waals surface area contributed by atoms with Gasteiger partial charge in [-0.05, 0) is 37.1 Å². The number of para-hydroxylation sites is 1. The molecule has 2 aromatic carbocycles. The van der Waals surface area contributed by atoms with Gasteiger partial charge in [0.25, 0.3) is 11.6 Å². The monoisotopic (exact) mass is 358 g/mol. The van der Waals surface area contributed by atoms with Gasteiger partial charge in [-0.1, -0.05) is 24.3 Å². The molecular weight excluding hydrogens is 340 g/mol. The van der Waals surface area contributed by atoms with Crippen LogP contribution in [-0.2, 0) is 14.3 Å². The molecule has 0 aliphatic rings. The van der Waals surface area contributed by atoms with Crippen molar-refractivity contribution in [2.45, 2.75) is 13.8 Å². The second-order valence-corrected chi connectivity index (χ2v) is 5.47. The Morgan fingerprint density at radius 1 is 1.08 bits per heavy atom. The fourth-order valence-corrected chi connectivity index (χ4v) is 2.13. The number of hydrogen-bond acceptors (Lipinski definition) is 6. The third-order valence-corrected chi connectivity index (χ3v) is 3.64. The zero-order chi connectivity index (χ0) is 19.1. The maximum Gasteiger partial charge on any atom is 0.344 e. The van der Waals surface area contributed by atoms with E-state index in [1.54, 1.807) is 44.2 Å². The van der Waals surface area contributed by atoms with E-state index in [2.05, 4.69) is 5.32 Å². The molecule has 2 aromatic rings. The molecule has 0 bridgehead atoms. The van der Waals surface area contributed by atoms with Gasteiger partial charge < -0.3 is 14.8 Å². The minimum absolute atomic E-state index is 0.0941. The van der Waals surface area contributed by atoms with Crippen LogP contribution in [-0.4, -0.2) is 30.0 Å². The van der Waals surface area contributed by atoms with Gasteiger partial charge in [0, 0.05) is 6.07 Å². The number of carbonyl (C=O) groups is 2. The molecule has 0 saturated heterocycles. The van der Waals surface area contributed by atoms with Crippen LogP contribution in [0.4, 0.5) is 11.4 Å². The second-order valence-electron chi connectivity index (χ2n) is 5.47. The van der Waals surface area contributed by atoms with Gasteiger partial charge in [0.2, 0.25) is 0 Å². The van der Waals surface area contributed by atoms with Crippen molar-refractivity contribution >= 4 is 23.3 Å². The van der Waals surface area contributed by atoms with Crippen LogP contribution in [0.25, 0.3) is 0 Å². The van der Waals surface area contributed by atoms with E-state index in [1.165, 1.54) is 6.07 Å². The molecule has 0 unspecified atom stereocenters. The molecular formula is C18H18N2O6. The summed E-state index contributed by atoms with van der Waals surface area (Å²) in [6.07, 6.45) is 0. The Morgan fingerprint density at radius 2 is 1.77 bits per heavy atom. The maximum atomic E-state index is 12.0. The number of benzene rings is 2. The Morgan fingerprint density at radius 3 is 2.42 bits per heavy atom. The summed E-state index contributed by atoms with van der Waals surface area (Å²) in [5.74, 6) is -0.894. The maximum absolute atomic E-state index is 12.0. The van der Waals surface area contributed by atoms with Crippen molar-refractivity contribution in [3.05, 3.63) is 63.7 Å². The molecule has 0 saturated carbocycles. The highest BCUT2D eigenvalue weighted by atomic mass is 16.6. The Kier molecular flexibility index (Phi) is 6.26. The third-order valence-electron chi connectivity index (χ3n) is 3.64. The molecule has 136 valence electrons. The number of carbonyl (C=O) groups excluding carboxylic acids is 2. The molecule has 0 aromatic heterocycles. The lowest BCUT2D eigenvalue weighted by atomic mass is 10.1. The van der Waals surface area contributed by atoms with Crippen LogP contribution >= 0.6 is 0 Å². The highest BCUT2D eigenvalue weighted by molar-refractivity contribution is 5.96. The van der Waals surface area contributed by atoms with Gasteiger partial charge in [0.05, 0.1) is 4.92 Å². The van der Waals surface area contributed by atoms with E-state index in [9.17, 15) is 19.7 Å². The Bertz CT molecular complexity index is 820. The fourth-order valence-electron chi connectivity index (χ4n) is 2.13. The number of esters is 1. The molecule has 1 N–H and O–H groups in total. The average molecular weight is 358 g/mol. The predicted octanol–water partition coefficient (Wildman–Crippen LogP) is 2.77. The SMILES string of the molecule is Cc1ccc([N+](=O)[O-])c(NC(=O)COC(=O)COc2ccccc2)c1C. The highest BCUT2D eigenvalue weighted by Crippen LogP contribution is 2.30. The van der Waals surface area contributed by atoms with Crippen LogP contribution in [0.5, 0.6) is 5.75 Å². The number of hydrogen-bond donors (Lipinski definition) is 1. The lowest BCUT2D eigenvalue weighted by Crippen LogP contribution is -2.24. The van der Waals surface area contributed by atoms with Crippen LogP contribution in [0.2, 0.25) is 0 Å². The summed E-state index contributed by atoms with van der Waals surface area (Å²) < 4.78 is 10.0. The smallest absolute Gasteiger partial charge is 0.344 e. The van der Waals surface area contributed by atoms with Gasteiger partial charge in [-0.3, -0.25) is 14.9 Å². The number of nitrogens with one attached hydrogen (secondary N) is 1. The van der Waals surface area contributed by atoms with E-state index in [1.807, 2.05) is 6.07 Å². The van der Waals surface area contributed by atoms with E-state index in [-0.39, 0.29) is 18.0 Å². The summed E-state index contributed by atoms with van der Waals surface area (Å²) in [5.41, 5.74) is 1.24. The molecule has 0 heterocycles. The van der Waals surface area contributed by atoms with Gasteiger partial charge in [0.1, 0.15) is 11.4 Å². The average Bonchev–Trinajstić information content (AvgIpc) is 2.62. The van der Waals surface area contributed by atoms with E-state index >= 15 is 0 Å². The molecule has 0 aliphatic carbocycles. The zero-order valence-corrected chi connectivity index (χ0v) is 14.4. The molecule has 0 radical (unpaired) electrons. The van der Waals surface area contributed by atoms with Crippen molar-refractivity contribution in [1.29, 1.82) is 0 Å². The number of aryl methyl sites for hydroxylation is 1. The lowest BCUT2D eigenvalue weighted by molar-refractivity contribution is -0.384. The second kappa shape index (κ2) is 8.61. The fraction of sp³-hybridized carbons (Fsp3) is 0.222. The molecule has 2 rings (SSSR count). The number of amides is 1. The van der Waals surface area contributed by atoms with Crippen molar-refractivity contribution in [3.8, 4) is 5.75 Å². The van der Waals surface area contributed by atoms with E-state index in [0.29, 0.717) is 11.3 Å². The highest BCUT2D eigenvalue weighted by Gasteiger charge is 2.20. The molecule has 26 heavy (non-hydrogen) atoms. The van der Waals surface area contributed by atoms with Crippen LogP contribution in [0, 0.1) is 24.0 Å². The standard InChI is InChI=1S/C18H18N2O6/c1-12-8-9-15(20(23)24)18(13(12)2)19-16(21)10-26-17(22)11-25-14-6-4-3-5-7-14/h3-9H,10-11H2,1-2H3,(H,19,21). The first-order valence-corrected chi connectivity index (χ1v) is 7.76. The first kappa shape index (κ1) is 18.9. The Hall–Kier alpha value is -3.42. The lowest BCUT2D eigenvalue weighted by Gasteiger charge is -2.11. The van der Waals surface area contributed by atoms with Crippen LogP contribution in [0.1, 0.15) is 11.1 Å². The number of ether oxygens (including phenoxy) is 2. The number of nitrogens with zero attached hydrogens (tertiary/aromatic N) is 1. The first-order chi connectivity index (χ1) is 12.4. The minimum Gasteiger partial charge on any atom is -0.482 e. The van der Waals surface area contributed by atoms with Gasteiger partial charge in [0.15, 0.2) is 13.2 Å². The molecule has 1 amide bonds. The molecule has 0 aliphatic heterocycles. The van der Waals surface area contributed by atoms with Crippen molar-refractivity contribution in [1.82, 2.24) is 0 Å². The summed E-state index contributed by atoms with van der Waals surface area (Å²) in [6, 6.07) is 11.6.